The fourth-order valence-electron chi connectivity index (χ4n) is 2.54. The fraction of sp³-hybridized carbons (Fsp3) is 0.100. The summed E-state index contributed by atoms with van der Waals surface area (Å²) in [5.41, 5.74) is 13.6. The van der Waals surface area contributed by atoms with E-state index in [1.165, 1.54) is 29.2 Å². The van der Waals surface area contributed by atoms with E-state index >= 15 is 0 Å². The average Bonchev–Trinajstić information content (AvgIpc) is 3.20. The molecule has 0 aliphatic carbocycles. The van der Waals surface area contributed by atoms with Gasteiger partial charge in [0.05, 0.1) is 18.9 Å². The second-order valence-corrected chi connectivity index (χ2v) is 10.3. The van der Waals surface area contributed by atoms with Crippen molar-refractivity contribution in [1.82, 2.24) is 0 Å². The number of nitrogens with one attached hydrogen (secondary N) is 1. The number of nitrogens with two attached hydrogens (primary N) is 2. The minimum atomic E-state index is -5.08. The van der Waals surface area contributed by atoms with Gasteiger partial charge < -0.3 is 16.6 Å². The third-order valence-corrected chi connectivity index (χ3v) is 8.40. The molecular weight excluding hydrogens is 499 g/mol. The number of benzene rings is 2. The van der Waals surface area contributed by atoms with Gasteiger partial charge in [0.1, 0.15) is 5.84 Å². The van der Waals surface area contributed by atoms with Crippen LogP contribution in [0.2, 0.25) is 0 Å². The highest BCUT2D eigenvalue weighted by atomic mass is 32.2. The fourth-order valence-corrected chi connectivity index (χ4v) is 6.44. The maximum absolute atomic E-state index is 13.2. The van der Waals surface area contributed by atoms with E-state index in [0.29, 0.717) is 14.8 Å². The summed E-state index contributed by atoms with van der Waals surface area (Å²) in [5, 5.41) is 14.7. The molecule has 3 rings (SSSR count). The largest absolute Gasteiger partial charge is 0.490 e. The number of amidine groups is 1. The molecule has 0 saturated heterocycles. The maximum atomic E-state index is 13.2. The van der Waals surface area contributed by atoms with E-state index in [1.54, 1.807) is 30.5 Å². The Kier molecular flexibility index (Phi) is 8.16. The van der Waals surface area contributed by atoms with E-state index in [1.807, 2.05) is 24.3 Å². The number of rotatable bonds is 5. The Bertz CT molecular complexity index is 1290. The quantitative estimate of drug-likeness (QED) is 0.169. The Labute approximate surface area is 195 Å². The van der Waals surface area contributed by atoms with E-state index in [9.17, 15) is 21.6 Å². The molecule has 0 spiro atoms. The third kappa shape index (κ3) is 6.27. The lowest BCUT2D eigenvalue weighted by Crippen LogP contribution is -2.21. The number of sulfone groups is 1. The van der Waals surface area contributed by atoms with E-state index in [-0.39, 0.29) is 15.6 Å². The Morgan fingerprint density at radius 3 is 2.24 bits per heavy atom. The summed E-state index contributed by atoms with van der Waals surface area (Å²) >= 11 is 2.53. The molecule has 176 valence electrons. The van der Waals surface area contributed by atoms with Gasteiger partial charge in [-0.15, -0.1) is 23.1 Å². The predicted molar refractivity (Wildman–Crippen MR) is 123 cm³/mol. The molecule has 0 amide bonds. The van der Waals surface area contributed by atoms with Crippen molar-refractivity contribution >= 4 is 50.4 Å². The van der Waals surface area contributed by atoms with E-state index in [4.69, 9.17) is 26.8 Å². The van der Waals surface area contributed by atoms with Crippen LogP contribution in [0.3, 0.4) is 0 Å². The van der Waals surface area contributed by atoms with Gasteiger partial charge in [0.15, 0.2) is 0 Å². The molecule has 3 aromatic rings. The summed E-state index contributed by atoms with van der Waals surface area (Å²) in [7, 11) is -3.74. The van der Waals surface area contributed by atoms with Crippen LogP contribution in [0, 0.1) is 5.41 Å². The van der Waals surface area contributed by atoms with Gasteiger partial charge in [-0.3, -0.25) is 5.41 Å². The highest BCUT2D eigenvalue weighted by Crippen LogP contribution is 2.38. The predicted octanol–water partition coefficient (Wildman–Crippen LogP) is 4.47. The van der Waals surface area contributed by atoms with Crippen molar-refractivity contribution in [3.8, 4) is 11.1 Å². The number of thioether (sulfide) groups is 1. The lowest BCUT2D eigenvalue weighted by Gasteiger charge is -2.09. The van der Waals surface area contributed by atoms with E-state index < -0.39 is 22.0 Å². The lowest BCUT2D eigenvalue weighted by molar-refractivity contribution is -0.192. The van der Waals surface area contributed by atoms with Gasteiger partial charge in [0.25, 0.3) is 0 Å². The van der Waals surface area contributed by atoms with Crippen molar-refractivity contribution in [2.24, 2.45) is 5.73 Å². The number of alkyl halides is 3. The molecule has 6 N–H and O–H groups in total. The number of carbonyl (C=O) groups is 1. The van der Waals surface area contributed by atoms with Crippen LogP contribution in [-0.4, -0.2) is 37.8 Å². The Morgan fingerprint density at radius 1 is 1.12 bits per heavy atom. The monoisotopic (exact) mass is 517 g/mol. The molecule has 0 aliphatic heterocycles. The molecule has 1 aromatic heterocycles. The molecule has 1 heterocycles. The SMILES string of the molecule is CSc1sc(C(=N)N)cc1S(=O)(=O)c1cccc(-c2ccccc2N)c1.O=C(O)C(F)(F)F. The van der Waals surface area contributed by atoms with Crippen LogP contribution in [0.1, 0.15) is 4.88 Å². The number of aliphatic carboxylic acids is 1. The minimum absolute atomic E-state index is 0.141. The third-order valence-electron chi connectivity index (χ3n) is 4.07. The van der Waals surface area contributed by atoms with Gasteiger partial charge in [0.2, 0.25) is 9.84 Å². The Hall–Kier alpha value is -3.03. The van der Waals surface area contributed by atoms with Crippen LogP contribution in [0.5, 0.6) is 0 Å². The van der Waals surface area contributed by atoms with Gasteiger partial charge in [-0.1, -0.05) is 30.3 Å². The molecule has 7 nitrogen and oxygen atoms in total. The molecule has 0 radical (unpaired) electrons. The zero-order chi connectivity index (χ0) is 25.0. The van der Waals surface area contributed by atoms with Crippen molar-refractivity contribution in [3.05, 3.63) is 59.5 Å². The second kappa shape index (κ2) is 10.3. The summed E-state index contributed by atoms with van der Waals surface area (Å²) in [4.78, 5) is 9.70. The van der Waals surface area contributed by atoms with Crippen LogP contribution in [0.4, 0.5) is 18.9 Å². The van der Waals surface area contributed by atoms with Gasteiger partial charge >= 0.3 is 12.1 Å². The number of carboxylic acid groups (broad SMARTS) is 1. The number of thiophene rings is 1. The van der Waals surface area contributed by atoms with Crippen molar-refractivity contribution in [2.45, 2.75) is 20.2 Å². The first-order valence-electron chi connectivity index (χ1n) is 8.81. The van der Waals surface area contributed by atoms with Gasteiger partial charge in [-0.05, 0) is 36.1 Å². The number of para-hydroxylation sites is 1. The lowest BCUT2D eigenvalue weighted by atomic mass is 10.0. The summed E-state index contributed by atoms with van der Waals surface area (Å²) < 4.78 is 58.7. The standard InChI is InChI=1S/C18H17N3O2S3.C2HF3O2/c1-24-18-16(10-15(25-18)17(20)21)26(22,23)12-6-4-5-11(9-12)13-7-2-3-8-14(13)19;3-2(4,5)1(6)7/h2-10H,19H2,1H3,(H3,20,21);(H,6,7). The number of anilines is 1. The normalized spacial score (nSPS) is 11.4. The van der Waals surface area contributed by atoms with Crippen molar-refractivity contribution in [1.29, 1.82) is 5.41 Å². The van der Waals surface area contributed by atoms with Gasteiger partial charge in [-0.2, -0.15) is 13.2 Å². The molecule has 33 heavy (non-hydrogen) atoms. The molecule has 0 bridgehead atoms. The van der Waals surface area contributed by atoms with Gasteiger partial charge in [-0.25, -0.2) is 13.2 Å². The molecule has 0 unspecified atom stereocenters. The zero-order valence-corrected chi connectivity index (χ0v) is 19.3. The first kappa shape index (κ1) is 26.2. The van der Waals surface area contributed by atoms with Crippen LogP contribution in [0.15, 0.2) is 68.6 Å². The number of carboxylic acids is 1. The highest BCUT2D eigenvalue weighted by molar-refractivity contribution is 8.01. The number of hydrogen-bond donors (Lipinski definition) is 4. The molecule has 0 fully saturated rings. The van der Waals surface area contributed by atoms with Crippen LogP contribution in [-0.2, 0) is 14.6 Å². The minimum Gasteiger partial charge on any atom is -0.475 e. The smallest absolute Gasteiger partial charge is 0.475 e. The van der Waals surface area contributed by atoms with E-state index in [2.05, 4.69) is 0 Å². The van der Waals surface area contributed by atoms with Crippen molar-refractivity contribution < 1.29 is 31.5 Å². The van der Waals surface area contributed by atoms with E-state index in [0.717, 1.165) is 11.1 Å². The number of hydrogen-bond acceptors (Lipinski definition) is 7. The summed E-state index contributed by atoms with van der Waals surface area (Å²) in [6, 6.07) is 15.5. The topological polar surface area (TPSA) is 147 Å². The zero-order valence-electron chi connectivity index (χ0n) is 16.9. The molecular formula is C20H18F3N3O4S3. The summed E-state index contributed by atoms with van der Waals surface area (Å²) in [6.07, 6.45) is -3.28. The second-order valence-electron chi connectivity index (χ2n) is 6.30. The Morgan fingerprint density at radius 2 is 1.73 bits per heavy atom. The molecule has 0 aliphatic rings. The average molecular weight is 518 g/mol. The summed E-state index contributed by atoms with van der Waals surface area (Å²) in [6.45, 7) is 0. The van der Waals surface area contributed by atoms with Gasteiger partial charge in [0, 0.05) is 11.3 Å². The molecule has 0 saturated carbocycles. The van der Waals surface area contributed by atoms with Crippen LogP contribution < -0.4 is 11.5 Å². The van der Waals surface area contributed by atoms with Crippen molar-refractivity contribution in [3.63, 3.8) is 0 Å². The first-order valence-corrected chi connectivity index (χ1v) is 12.3. The van der Waals surface area contributed by atoms with Crippen LogP contribution >= 0.6 is 23.1 Å². The highest BCUT2D eigenvalue weighted by Gasteiger charge is 2.38. The molecule has 13 heteroatoms. The van der Waals surface area contributed by atoms with Crippen LogP contribution in [0.25, 0.3) is 11.1 Å². The first-order chi connectivity index (χ1) is 15.3. The Balaban J connectivity index is 0.000000479. The molecule has 0 atom stereocenters. The van der Waals surface area contributed by atoms with Crippen molar-refractivity contribution in [2.75, 3.05) is 12.0 Å². The number of halogens is 3. The number of nitrogen functional groups attached to an aromatic ring is 2. The maximum Gasteiger partial charge on any atom is 0.490 e. The summed E-state index contributed by atoms with van der Waals surface area (Å²) in [5.74, 6) is -2.90. The molecule has 2 aromatic carbocycles.